The van der Waals surface area contributed by atoms with Crippen LogP contribution in [0.25, 0.3) is 10.9 Å². The first-order chi connectivity index (χ1) is 14.1. The number of nitrogens with zero attached hydrogens (tertiary/aromatic N) is 1. The van der Waals surface area contributed by atoms with Crippen LogP contribution in [0.15, 0.2) is 73.2 Å². The van der Waals surface area contributed by atoms with Crippen molar-refractivity contribution in [3.8, 4) is 0 Å². The average Bonchev–Trinajstić information content (AvgIpc) is 3.16. The van der Waals surface area contributed by atoms with Gasteiger partial charge in [0.05, 0.1) is 0 Å². The molecule has 0 aliphatic heterocycles. The Morgan fingerprint density at radius 2 is 2.03 bits per heavy atom. The predicted octanol–water partition coefficient (Wildman–Crippen LogP) is 4.96. The number of hydrogen-bond donors (Lipinski definition) is 3. The van der Waals surface area contributed by atoms with Crippen LogP contribution in [0.2, 0.25) is 0 Å². The number of carbonyl (C=O) groups excluding carboxylic acids is 1. The van der Waals surface area contributed by atoms with Crippen molar-refractivity contribution in [2.45, 2.75) is 12.8 Å². The molecule has 1 atom stereocenters. The molecule has 2 aromatic heterocycles. The number of aromatic amines is 1. The largest absolute Gasteiger partial charge is 0.361 e. The van der Waals surface area contributed by atoms with E-state index in [4.69, 9.17) is 0 Å². The number of urea groups is 1. The molecule has 146 valence electrons. The van der Waals surface area contributed by atoms with Crippen molar-refractivity contribution in [2.75, 3.05) is 11.9 Å². The van der Waals surface area contributed by atoms with Crippen molar-refractivity contribution in [3.63, 3.8) is 0 Å². The minimum Gasteiger partial charge on any atom is -0.361 e. The molecule has 3 N–H and O–H groups in total. The Labute approximate surface area is 168 Å². The summed E-state index contributed by atoms with van der Waals surface area (Å²) in [5.41, 5.74) is 4.06. The van der Waals surface area contributed by atoms with Gasteiger partial charge in [0.25, 0.3) is 0 Å². The predicted molar refractivity (Wildman–Crippen MR) is 113 cm³/mol. The van der Waals surface area contributed by atoms with E-state index in [0.29, 0.717) is 17.8 Å². The Balaban J connectivity index is 1.55. The lowest BCUT2D eigenvalue weighted by Crippen LogP contribution is -2.32. The van der Waals surface area contributed by atoms with Gasteiger partial charge in [-0.1, -0.05) is 30.3 Å². The van der Waals surface area contributed by atoms with Gasteiger partial charge in [0.1, 0.15) is 5.82 Å². The zero-order valence-corrected chi connectivity index (χ0v) is 15.9. The summed E-state index contributed by atoms with van der Waals surface area (Å²) < 4.78 is 13.7. The lowest BCUT2D eigenvalue weighted by Gasteiger charge is -2.18. The van der Waals surface area contributed by atoms with Crippen molar-refractivity contribution < 1.29 is 9.18 Å². The highest BCUT2D eigenvalue weighted by molar-refractivity contribution is 5.89. The van der Waals surface area contributed by atoms with E-state index in [0.717, 1.165) is 22.0 Å². The molecule has 5 nitrogen and oxygen atoms in total. The monoisotopic (exact) mass is 388 g/mol. The van der Waals surface area contributed by atoms with Crippen LogP contribution in [0.1, 0.15) is 22.6 Å². The van der Waals surface area contributed by atoms with Crippen LogP contribution in [-0.2, 0) is 0 Å². The SMILES string of the molecule is Cc1ccc(NC(=O)NC[C@H](c2cccnc2)c2c[nH]c3ccccc23)cc1F. The number of H-pyrrole nitrogens is 1. The van der Waals surface area contributed by atoms with Gasteiger partial charge in [0.2, 0.25) is 0 Å². The van der Waals surface area contributed by atoms with Crippen LogP contribution in [0.3, 0.4) is 0 Å². The maximum atomic E-state index is 13.7. The number of fused-ring (bicyclic) bond motifs is 1. The van der Waals surface area contributed by atoms with Gasteiger partial charge in [-0.25, -0.2) is 9.18 Å². The first-order valence-electron chi connectivity index (χ1n) is 9.39. The molecule has 2 aromatic carbocycles. The molecule has 6 heteroatoms. The summed E-state index contributed by atoms with van der Waals surface area (Å²) in [7, 11) is 0. The maximum Gasteiger partial charge on any atom is 0.319 e. The molecule has 4 rings (SSSR count). The van der Waals surface area contributed by atoms with Crippen LogP contribution in [-0.4, -0.2) is 22.5 Å². The van der Waals surface area contributed by atoms with Gasteiger partial charge in [0.15, 0.2) is 0 Å². The van der Waals surface area contributed by atoms with Crippen molar-refractivity contribution >= 4 is 22.6 Å². The number of aromatic nitrogens is 2. The fourth-order valence-electron chi connectivity index (χ4n) is 3.41. The second kappa shape index (κ2) is 8.14. The van der Waals surface area contributed by atoms with Crippen LogP contribution in [0, 0.1) is 12.7 Å². The molecule has 0 aliphatic rings. The first-order valence-corrected chi connectivity index (χ1v) is 9.39. The van der Waals surface area contributed by atoms with Crippen LogP contribution < -0.4 is 10.6 Å². The minimum absolute atomic E-state index is 0.0830. The van der Waals surface area contributed by atoms with Gasteiger partial charge >= 0.3 is 6.03 Å². The summed E-state index contributed by atoms with van der Waals surface area (Å²) in [4.78, 5) is 19.9. The molecule has 29 heavy (non-hydrogen) atoms. The Hall–Kier alpha value is -3.67. The normalized spacial score (nSPS) is 11.9. The number of para-hydroxylation sites is 1. The third-order valence-electron chi connectivity index (χ3n) is 4.98. The molecule has 2 heterocycles. The fraction of sp³-hybridized carbons (Fsp3) is 0.130. The van der Waals surface area contributed by atoms with E-state index in [9.17, 15) is 9.18 Å². The number of hydrogen-bond acceptors (Lipinski definition) is 2. The van der Waals surface area contributed by atoms with E-state index in [1.54, 1.807) is 31.5 Å². The number of carbonyl (C=O) groups is 1. The Morgan fingerprint density at radius 1 is 1.17 bits per heavy atom. The third kappa shape index (κ3) is 4.11. The topological polar surface area (TPSA) is 69.8 Å². The molecule has 0 bridgehead atoms. The highest BCUT2D eigenvalue weighted by Crippen LogP contribution is 2.30. The molecule has 0 unspecified atom stereocenters. The Kier molecular flexibility index (Phi) is 5.24. The van der Waals surface area contributed by atoms with Crippen LogP contribution in [0.4, 0.5) is 14.9 Å². The van der Waals surface area contributed by atoms with E-state index in [2.05, 4.69) is 26.7 Å². The number of halogens is 1. The van der Waals surface area contributed by atoms with E-state index < -0.39 is 0 Å². The summed E-state index contributed by atoms with van der Waals surface area (Å²) in [5.74, 6) is -0.435. The number of rotatable bonds is 5. The number of amides is 2. The summed E-state index contributed by atoms with van der Waals surface area (Å²) in [6, 6.07) is 16.2. The van der Waals surface area contributed by atoms with Crippen molar-refractivity contribution in [1.82, 2.24) is 15.3 Å². The van der Waals surface area contributed by atoms with Gasteiger partial charge < -0.3 is 15.6 Å². The van der Waals surface area contributed by atoms with E-state index in [-0.39, 0.29) is 17.8 Å². The summed E-state index contributed by atoms with van der Waals surface area (Å²) >= 11 is 0. The van der Waals surface area contributed by atoms with Gasteiger partial charge in [0, 0.05) is 47.6 Å². The van der Waals surface area contributed by atoms with Gasteiger partial charge in [-0.3, -0.25) is 4.98 Å². The molecule has 0 saturated carbocycles. The molecule has 0 spiro atoms. The van der Waals surface area contributed by atoms with Gasteiger partial charge in [-0.05, 0) is 47.9 Å². The Morgan fingerprint density at radius 3 is 2.83 bits per heavy atom. The molecule has 4 aromatic rings. The Bertz CT molecular complexity index is 1140. The van der Waals surface area contributed by atoms with Gasteiger partial charge in [-0.2, -0.15) is 0 Å². The molecule has 2 amide bonds. The van der Waals surface area contributed by atoms with Crippen molar-refractivity contribution in [1.29, 1.82) is 0 Å². The van der Waals surface area contributed by atoms with Crippen molar-refractivity contribution in [3.05, 3.63) is 95.7 Å². The molecular weight excluding hydrogens is 367 g/mol. The number of aryl methyl sites for hydroxylation is 1. The zero-order valence-electron chi connectivity index (χ0n) is 15.9. The average molecular weight is 388 g/mol. The highest BCUT2D eigenvalue weighted by atomic mass is 19.1. The second-order valence-corrected chi connectivity index (χ2v) is 6.93. The molecule has 0 fully saturated rings. The van der Waals surface area contributed by atoms with Crippen molar-refractivity contribution in [2.24, 2.45) is 0 Å². The standard InChI is InChI=1S/C23H21FN4O/c1-15-8-9-17(11-21(15)24)28-23(29)27-13-19(16-5-4-10-25-12-16)20-14-26-22-7-3-2-6-18(20)22/h2-12,14,19,26H,13H2,1H3,(H2,27,28,29)/t19-/m1/s1. The number of pyridine rings is 1. The van der Waals surface area contributed by atoms with Gasteiger partial charge in [-0.15, -0.1) is 0 Å². The fourth-order valence-corrected chi connectivity index (χ4v) is 3.41. The quantitative estimate of drug-likeness (QED) is 0.452. The minimum atomic E-state index is -0.387. The lowest BCUT2D eigenvalue weighted by atomic mass is 9.92. The third-order valence-corrected chi connectivity index (χ3v) is 4.98. The smallest absolute Gasteiger partial charge is 0.319 e. The molecule has 0 aliphatic carbocycles. The van der Waals surface area contributed by atoms with E-state index in [1.165, 1.54) is 6.07 Å². The molecular formula is C23H21FN4O. The summed E-state index contributed by atoms with van der Waals surface area (Å²) in [5, 5.41) is 6.69. The maximum absolute atomic E-state index is 13.7. The lowest BCUT2D eigenvalue weighted by molar-refractivity contribution is 0.252. The summed E-state index contributed by atoms with van der Waals surface area (Å²) in [6.45, 7) is 2.05. The molecule has 0 saturated heterocycles. The summed E-state index contributed by atoms with van der Waals surface area (Å²) in [6.07, 6.45) is 5.50. The second-order valence-electron chi connectivity index (χ2n) is 6.93. The van der Waals surface area contributed by atoms with E-state index >= 15 is 0 Å². The number of benzene rings is 2. The molecule has 0 radical (unpaired) electrons. The number of anilines is 1. The van der Waals surface area contributed by atoms with Crippen LogP contribution in [0.5, 0.6) is 0 Å². The van der Waals surface area contributed by atoms with E-state index in [1.807, 2.05) is 36.5 Å². The van der Waals surface area contributed by atoms with Crippen LogP contribution >= 0.6 is 0 Å². The first kappa shape index (κ1) is 18.7. The zero-order chi connectivity index (χ0) is 20.2. The highest BCUT2D eigenvalue weighted by Gasteiger charge is 2.19. The number of nitrogens with one attached hydrogen (secondary N) is 3.